The first-order valence-corrected chi connectivity index (χ1v) is 2.11. The van der Waals surface area contributed by atoms with Gasteiger partial charge >= 0.3 is 0 Å². The molecule has 0 fully saturated rings. The van der Waals surface area contributed by atoms with E-state index in [1.807, 2.05) is 0 Å². The van der Waals surface area contributed by atoms with Crippen molar-refractivity contribution in [2.45, 2.75) is 11.8 Å². The Bertz CT molecular complexity index is 58.8. The molecule has 1 heteroatoms. The van der Waals surface area contributed by atoms with Crippen LogP contribution >= 0.6 is 11.6 Å². The third-order valence-corrected chi connectivity index (χ3v) is 0.494. The summed E-state index contributed by atoms with van der Waals surface area (Å²) < 4.78 is 0. The van der Waals surface area contributed by atoms with Gasteiger partial charge in [-0.1, -0.05) is 0 Å². The maximum atomic E-state index is 5.32. The van der Waals surface area contributed by atoms with Crippen LogP contribution in [0.5, 0.6) is 0 Å². The molecule has 0 saturated carbocycles. The predicted octanol–water partition coefficient (Wildman–Crippen LogP) is 1.45. The van der Waals surface area contributed by atoms with Gasteiger partial charge in [0, 0.05) is 11.8 Å². The third kappa shape index (κ3) is 3.85. The fourth-order valence-corrected chi connectivity index (χ4v) is 0.217. The molecule has 0 aliphatic rings. The summed E-state index contributed by atoms with van der Waals surface area (Å²) in [6.07, 6.45) is 5.41. The van der Waals surface area contributed by atoms with E-state index >= 15 is 0 Å². The van der Waals surface area contributed by atoms with Gasteiger partial charge in [0.2, 0.25) is 0 Å². The first-order chi connectivity index (χ1) is 2.77. The molecule has 1 radical (unpaired) electrons. The molecule has 0 nitrogen and oxygen atoms in total. The molecule has 0 saturated heterocycles. The zero-order valence-corrected chi connectivity index (χ0v) is 4.20. The third-order valence-electron chi connectivity index (χ3n) is 0.339. The van der Waals surface area contributed by atoms with Crippen molar-refractivity contribution in [2.24, 2.45) is 0 Å². The first kappa shape index (κ1) is 5.85. The predicted molar refractivity (Wildman–Crippen MR) is 28.4 cm³/mol. The molecule has 6 heavy (non-hydrogen) atoms. The Balaban J connectivity index is 2.88. The second-order valence-corrected chi connectivity index (χ2v) is 1.62. The van der Waals surface area contributed by atoms with Gasteiger partial charge in [0.15, 0.2) is 0 Å². The van der Waals surface area contributed by atoms with Crippen LogP contribution in [0, 0.1) is 19.3 Å². The van der Waals surface area contributed by atoms with Crippen LogP contribution < -0.4 is 0 Å². The summed E-state index contributed by atoms with van der Waals surface area (Å²) in [5, 5.41) is -0.116. The molecule has 0 N–H and O–H groups in total. The van der Waals surface area contributed by atoms with Crippen LogP contribution in [0.1, 0.15) is 6.42 Å². The highest BCUT2D eigenvalue weighted by Gasteiger charge is 1.86. The minimum absolute atomic E-state index is 0.116. The van der Waals surface area contributed by atoms with Crippen LogP contribution in [0.4, 0.5) is 0 Å². The standard InChI is InChI=1S/C5H6Cl/c1-3-4-5(2)6/h1,5H,2,4H2. The number of alkyl halides is 1. The van der Waals surface area contributed by atoms with E-state index in [1.54, 1.807) is 0 Å². The normalized spacial score (nSPS) is 12.8. The highest BCUT2D eigenvalue weighted by Crippen LogP contribution is 1.94. The molecule has 0 rings (SSSR count). The lowest BCUT2D eigenvalue weighted by atomic mass is 10.3. The van der Waals surface area contributed by atoms with Gasteiger partial charge in [-0.25, -0.2) is 0 Å². The molecule has 0 aromatic carbocycles. The maximum absolute atomic E-state index is 5.32. The fraction of sp³-hybridized carbons (Fsp3) is 0.400. The summed E-state index contributed by atoms with van der Waals surface area (Å²) in [6, 6.07) is 0. The minimum Gasteiger partial charge on any atom is -0.122 e. The highest BCUT2D eigenvalue weighted by atomic mass is 35.5. The van der Waals surface area contributed by atoms with Crippen molar-refractivity contribution >= 4 is 11.6 Å². The first-order valence-electron chi connectivity index (χ1n) is 1.68. The molecule has 0 aromatic heterocycles. The Kier molecular flexibility index (Phi) is 2.98. The summed E-state index contributed by atoms with van der Waals surface area (Å²) >= 11 is 5.32. The Morgan fingerprint density at radius 3 is 2.50 bits per heavy atom. The van der Waals surface area contributed by atoms with Crippen molar-refractivity contribution in [2.75, 3.05) is 0 Å². The summed E-state index contributed by atoms with van der Waals surface area (Å²) in [7, 11) is 0. The second kappa shape index (κ2) is 3.06. The molecular weight excluding hydrogens is 95.5 g/mol. The fourth-order valence-electron chi connectivity index (χ4n) is 0.128. The molecule has 0 aliphatic carbocycles. The zero-order chi connectivity index (χ0) is 4.99. The number of hydrogen-bond donors (Lipinski definition) is 0. The lowest BCUT2D eigenvalue weighted by Gasteiger charge is -1.87. The average Bonchev–Trinajstić information content (AvgIpc) is 1.35. The Morgan fingerprint density at radius 1 is 2.00 bits per heavy atom. The monoisotopic (exact) mass is 101 g/mol. The van der Waals surface area contributed by atoms with Gasteiger partial charge in [0.05, 0.1) is 0 Å². The molecule has 0 bridgehead atoms. The van der Waals surface area contributed by atoms with Crippen LogP contribution in [0.2, 0.25) is 0 Å². The summed E-state index contributed by atoms with van der Waals surface area (Å²) in [5.41, 5.74) is 0. The van der Waals surface area contributed by atoms with Crippen molar-refractivity contribution < 1.29 is 0 Å². The molecule has 0 aromatic rings. The quantitative estimate of drug-likeness (QED) is 0.347. The number of halogens is 1. The highest BCUT2D eigenvalue weighted by molar-refractivity contribution is 6.21. The van der Waals surface area contributed by atoms with Crippen LogP contribution in [0.15, 0.2) is 0 Å². The largest absolute Gasteiger partial charge is 0.122 e. The van der Waals surface area contributed by atoms with E-state index in [1.165, 1.54) is 0 Å². The van der Waals surface area contributed by atoms with Crippen LogP contribution in [-0.4, -0.2) is 5.38 Å². The molecule has 0 spiro atoms. The van der Waals surface area contributed by atoms with Crippen molar-refractivity contribution in [3.05, 3.63) is 6.92 Å². The van der Waals surface area contributed by atoms with Crippen molar-refractivity contribution in [1.82, 2.24) is 0 Å². The Labute approximate surface area is 43.5 Å². The number of rotatable bonds is 1. The van der Waals surface area contributed by atoms with E-state index in [2.05, 4.69) is 12.8 Å². The van der Waals surface area contributed by atoms with Gasteiger partial charge in [-0.05, 0) is 6.92 Å². The van der Waals surface area contributed by atoms with E-state index < -0.39 is 0 Å². The molecule has 33 valence electrons. The van der Waals surface area contributed by atoms with Crippen molar-refractivity contribution in [3.8, 4) is 12.3 Å². The van der Waals surface area contributed by atoms with Gasteiger partial charge in [-0.2, -0.15) is 0 Å². The van der Waals surface area contributed by atoms with Gasteiger partial charge in [0.25, 0.3) is 0 Å². The smallest absolute Gasteiger partial charge is 0.0445 e. The number of hydrogen-bond acceptors (Lipinski definition) is 0. The Hall–Kier alpha value is -0.150. The molecule has 0 aliphatic heterocycles. The molecule has 0 heterocycles. The molecule has 1 unspecified atom stereocenters. The number of terminal acetylenes is 1. The van der Waals surface area contributed by atoms with E-state index in [9.17, 15) is 0 Å². The van der Waals surface area contributed by atoms with E-state index in [-0.39, 0.29) is 5.38 Å². The lowest BCUT2D eigenvalue weighted by molar-refractivity contribution is 1.09. The molecule has 1 atom stereocenters. The summed E-state index contributed by atoms with van der Waals surface area (Å²) in [4.78, 5) is 0. The average molecular weight is 102 g/mol. The van der Waals surface area contributed by atoms with Gasteiger partial charge in [-0.3, -0.25) is 0 Å². The Morgan fingerprint density at radius 2 is 2.50 bits per heavy atom. The van der Waals surface area contributed by atoms with E-state index in [0.29, 0.717) is 6.42 Å². The van der Waals surface area contributed by atoms with Gasteiger partial charge in [0.1, 0.15) is 0 Å². The molecular formula is C5H6Cl. The summed E-state index contributed by atoms with van der Waals surface area (Å²) in [6.45, 7) is 3.45. The lowest BCUT2D eigenvalue weighted by Crippen LogP contribution is -1.84. The second-order valence-electron chi connectivity index (χ2n) is 1.01. The molecule has 0 amide bonds. The van der Waals surface area contributed by atoms with E-state index in [4.69, 9.17) is 18.0 Å². The topological polar surface area (TPSA) is 0 Å². The van der Waals surface area contributed by atoms with Crippen LogP contribution in [0.3, 0.4) is 0 Å². The van der Waals surface area contributed by atoms with Gasteiger partial charge < -0.3 is 0 Å². The minimum atomic E-state index is -0.116. The van der Waals surface area contributed by atoms with Crippen LogP contribution in [0.25, 0.3) is 0 Å². The van der Waals surface area contributed by atoms with Crippen LogP contribution in [-0.2, 0) is 0 Å². The van der Waals surface area contributed by atoms with E-state index in [0.717, 1.165) is 0 Å². The summed E-state index contributed by atoms with van der Waals surface area (Å²) in [5.74, 6) is 2.37. The zero-order valence-electron chi connectivity index (χ0n) is 3.45. The van der Waals surface area contributed by atoms with Crippen molar-refractivity contribution in [1.29, 1.82) is 0 Å². The maximum Gasteiger partial charge on any atom is 0.0445 e. The SMILES string of the molecule is C#CCC([CH2])Cl. The van der Waals surface area contributed by atoms with Gasteiger partial charge in [-0.15, -0.1) is 23.9 Å². The van der Waals surface area contributed by atoms with Crippen molar-refractivity contribution in [3.63, 3.8) is 0 Å².